The monoisotopic (exact) mass is 489 g/mol. The molecule has 184 valence electrons. The van der Waals surface area contributed by atoms with Crippen molar-refractivity contribution in [2.45, 2.75) is 37.3 Å². The average Bonchev–Trinajstić information content (AvgIpc) is 3.20. The lowest BCUT2D eigenvalue weighted by Crippen LogP contribution is -2.47. The van der Waals surface area contributed by atoms with Crippen LogP contribution in [0.2, 0.25) is 0 Å². The molecule has 34 heavy (non-hydrogen) atoms. The molecule has 0 spiro atoms. The smallest absolute Gasteiger partial charge is 0.413 e. The van der Waals surface area contributed by atoms with Gasteiger partial charge in [0.1, 0.15) is 0 Å². The number of nitrogens with one attached hydrogen (secondary N) is 2. The highest BCUT2D eigenvalue weighted by atomic mass is 32.2. The number of carbonyl (C=O) groups excluding carboxylic acids is 1. The number of carbonyl (C=O) groups is 1. The van der Waals surface area contributed by atoms with E-state index >= 15 is 0 Å². The number of sulfonamides is 1. The molecule has 0 fully saturated rings. The third-order valence-corrected chi connectivity index (χ3v) is 7.09. The molecule has 5 N–H and O–H groups in total. The Balaban J connectivity index is 1.82. The standard InChI is InChI=1S/C23H31N5O5S/c1-15(2)13-28(14-21(29)18(24)11-16-7-5-4-6-8-16)34(31,32)17-9-10-19-20(12-17)26-22(25-19)27-23(30)33-3/h4-10,12,15,18,21,29H,11,13-14,24H2,1-3H3,(H2,25,26,27,30)/t18-,21+/m0/s1. The van der Waals surface area contributed by atoms with Gasteiger partial charge in [-0.1, -0.05) is 44.2 Å². The molecule has 3 rings (SSSR count). The Morgan fingerprint density at radius 3 is 2.56 bits per heavy atom. The number of aromatic nitrogens is 2. The topological polar surface area (TPSA) is 151 Å². The van der Waals surface area contributed by atoms with Crippen LogP contribution in [0.5, 0.6) is 0 Å². The number of hydrogen-bond acceptors (Lipinski definition) is 7. The Hall–Kier alpha value is -2.99. The first kappa shape index (κ1) is 25.6. The van der Waals surface area contributed by atoms with E-state index in [2.05, 4.69) is 20.0 Å². The van der Waals surface area contributed by atoms with Crippen LogP contribution in [0.25, 0.3) is 11.0 Å². The summed E-state index contributed by atoms with van der Waals surface area (Å²) in [6, 6.07) is 13.3. The zero-order valence-electron chi connectivity index (χ0n) is 19.4. The third kappa shape index (κ3) is 6.32. The van der Waals surface area contributed by atoms with Gasteiger partial charge in [-0.15, -0.1) is 0 Å². The molecule has 2 aromatic carbocycles. The fourth-order valence-electron chi connectivity index (χ4n) is 3.55. The van der Waals surface area contributed by atoms with Gasteiger partial charge in [-0.3, -0.25) is 5.32 Å². The van der Waals surface area contributed by atoms with Crippen LogP contribution >= 0.6 is 0 Å². The maximum atomic E-state index is 13.5. The second-order valence-electron chi connectivity index (χ2n) is 8.52. The predicted octanol–water partition coefficient (Wildman–Crippen LogP) is 2.32. The molecule has 0 radical (unpaired) electrons. The minimum absolute atomic E-state index is 0.0269. The number of rotatable bonds is 10. The molecule has 11 heteroatoms. The van der Waals surface area contributed by atoms with Crippen LogP contribution in [0.4, 0.5) is 10.7 Å². The Morgan fingerprint density at radius 1 is 1.21 bits per heavy atom. The number of aliphatic hydroxyl groups is 1. The number of imidazole rings is 1. The second-order valence-corrected chi connectivity index (χ2v) is 10.5. The van der Waals surface area contributed by atoms with Gasteiger partial charge < -0.3 is 20.6 Å². The minimum atomic E-state index is -3.95. The first-order chi connectivity index (χ1) is 16.1. The zero-order valence-corrected chi connectivity index (χ0v) is 20.2. The quantitative estimate of drug-likeness (QED) is 0.341. The average molecular weight is 490 g/mol. The van der Waals surface area contributed by atoms with Gasteiger partial charge in [0.15, 0.2) is 0 Å². The fourth-order valence-corrected chi connectivity index (χ4v) is 5.20. The Labute approximate surface area is 199 Å². The molecule has 0 aliphatic carbocycles. The number of fused-ring (bicyclic) bond motifs is 1. The number of methoxy groups -OCH3 is 1. The van der Waals surface area contributed by atoms with E-state index in [-0.39, 0.29) is 29.9 Å². The molecule has 10 nitrogen and oxygen atoms in total. The van der Waals surface area contributed by atoms with E-state index in [4.69, 9.17) is 5.73 Å². The van der Waals surface area contributed by atoms with Crippen molar-refractivity contribution < 1.29 is 23.1 Å². The van der Waals surface area contributed by atoms with Crippen LogP contribution in [0.3, 0.4) is 0 Å². The van der Waals surface area contributed by atoms with Gasteiger partial charge in [0.25, 0.3) is 0 Å². The Morgan fingerprint density at radius 2 is 1.91 bits per heavy atom. The molecule has 0 aliphatic heterocycles. The summed E-state index contributed by atoms with van der Waals surface area (Å²) < 4.78 is 32.8. The van der Waals surface area contributed by atoms with Crippen molar-refractivity contribution in [2.24, 2.45) is 11.7 Å². The fraction of sp³-hybridized carbons (Fsp3) is 0.391. The predicted molar refractivity (Wildman–Crippen MR) is 130 cm³/mol. The lowest BCUT2D eigenvalue weighted by atomic mass is 10.0. The summed E-state index contributed by atoms with van der Waals surface area (Å²) in [4.78, 5) is 18.5. The van der Waals surface area contributed by atoms with Gasteiger partial charge in [-0.25, -0.2) is 18.2 Å². The molecule has 0 saturated heterocycles. The summed E-state index contributed by atoms with van der Waals surface area (Å²) in [5.74, 6) is 0.164. The van der Waals surface area contributed by atoms with E-state index < -0.39 is 28.3 Å². The van der Waals surface area contributed by atoms with E-state index in [9.17, 15) is 18.3 Å². The number of aromatic amines is 1. The van der Waals surface area contributed by atoms with E-state index in [0.717, 1.165) is 5.56 Å². The molecular formula is C23H31N5O5S. The van der Waals surface area contributed by atoms with Crippen LogP contribution < -0.4 is 11.1 Å². The largest absolute Gasteiger partial charge is 0.453 e. The number of amides is 1. The number of aliphatic hydroxyl groups excluding tert-OH is 1. The van der Waals surface area contributed by atoms with Crippen molar-refractivity contribution in [2.75, 3.05) is 25.5 Å². The highest BCUT2D eigenvalue weighted by molar-refractivity contribution is 7.89. The maximum absolute atomic E-state index is 13.5. The van der Waals surface area contributed by atoms with Gasteiger partial charge in [0.05, 0.1) is 29.1 Å². The van der Waals surface area contributed by atoms with Crippen molar-refractivity contribution in [1.82, 2.24) is 14.3 Å². The Kier molecular flexibility index (Phi) is 8.26. The number of H-pyrrole nitrogens is 1. The van der Waals surface area contributed by atoms with Crippen LogP contribution in [-0.2, 0) is 21.2 Å². The van der Waals surface area contributed by atoms with E-state index in [1.165, 1.54) is 23.5 Å². The van der Waals surface area contributed by atoms with Crippen molar-refractivity contribution in [1.29, 1.82) is 0 Å². The number of ether oxygens (including phenoxy) is 1. The van der Waals surface area contributed by atoms with E-state index in [0.29, 0.717) is 17.5 Å². The van der Waals surface area contributed by atoms with Crippen LogP contribution in [0, 0.1) is 5.92 Å². The number of hydrogen-bond donors (Lipinski definition) is 4. The van der Waals surface area contributed by atoms with Crippen LogP contribution in [0.15, 0.2) is 53.4 Å². The lowest BCUT2D eigenvalue weighted by molar-refractivity contribution is 0.116. The molecule has 1 amide bonds. The van der Waals surface area contributed by atoms with Crippen molar-refractivity contribution in [3.05, 3.63) is 54.1 Å². The molecular weight excluding hydrogens is 458 g/mol. The summed E-state index contributed by atoms with van der Waals surface area (Å²) in [5.41, 5.74) is 8.08. The summed E-state index contributed by atoms with van der Waals surface area (Å²) in [7, 11) is -2.72. The molecule has 1 aromatic heterocycles. The van der Waals surface area contributed by atoms with Gasteiger partial charge in [0.2, 0.25) is 16.0 Å². The number of benzene rings is 2. The van der Waals surface area contributed by atoms with Crippen LogP contribution in [-0.4, -0.2) is 66.2 Å². The second kappa shape index (κ2) is 11.0. The highest BCUT2D eigenvalue weighted by Gasteiger charge is 2.30. The molecule has 2 atom stereocenters. The lowest BCUT2D eigenvalue weighted by Gasteiger charge is -2.28. The van der Waals surface area contributed by atoms with Gasteiger partial charge in [0, 0.05) is 19.1 Å². The number of anilines is 1. The molecule has 0 bridgehead atoms. The van der Waals surface area contributed by atoms with E-state index in [1.807, 2.05) is 44.2 Å². The number of nitrogens with two attached hydrogens (primary N) is 1. The Bertz CT molecular complexity index is 1210. The highest BCUT2D eigenvalue weighted by Crippen LogP contribution is 2.23. The van der Waals surface area contributed by atoms with E-state index in [1.54, 1.807) is 6.07 Å². The zero-order chi connectivity index (χ0) is 24.9. The first-order valence-corrected chi connectivity index (χ1v) is 12.4. The molecule has 3 aromatic rings. The van der Waals surface area contributed by atoms with Gasteiger partial charge in [-0.05, 0) is 36.1 Å². The first-order valence-electron chi connectivity index (χ1n) is 10.9. The van der Waals surface area contributed by atoms with Crippen molar-refractivity contribution >= 4 is 33.1 Å². The van der Waals surface area contributed by atoms with Crippen molar-refractivity contribution in [3.8, 4) is 0 Å². The van der Waals surface area contributed by atoms with Gasteiger partial charge in [-0.2, -0.15) is 4.31 Å². The number of nitrogens with zero attached hydrogens (tertiary/aromatic N) is 2. The molecule has 0 unspecified atom stereocenters. The van der Waals surface area contributed by atoms with Crippen LogP contribution in [0.1, 0.15) is 19.4 Å². The maximum Gasteiger partial charge on any atom is 0.413 e. The van der Waals surface area contributed by atoms with Crippen molar-refractivity contribution in [3.63, 3.8) is 0 Å². The summed E-state index contributed by atoms with van der Waals surface area (Å²) in [6.45, 7) is 3.89. The molecule has 0 aliphatic rings. The summed E-state index contributed by atoms with van der Waals surface area (Å²) in [6.07, 6.45) is -1.33. The van der Waals surface area contributed by atoms with Gasteiger partial charge >= 0.3 is 6.09 Å². The minimum Gasteiger partial charge on any atom is -0.453 e. The summed E-state index contributed by atoms with van der Waals surface area (Å²) in [5, 5.41) is 13.2. The molecule has 0 saturated carbocycles. The normalized spacial score (nSPS) is 13.9. The molecule has 1 heterocycles. The summed E-state index contributed by atoms with van der Waals surface area (Å²) >= 11 is 0. The SMILES string of the molecule is COC(=O)Nc1nc2ccc(S(=O)(=O)N(CC(C)C)C[C@@H](O)[C@@H](N)Cc3ccccc3)cc2[nH]1. The third-order valence-electron chi connectivity index (χ3n) is 5.26.